The van der Waals surface area contributed by atoms with Crippen LogP contribution in [0.15, 0.2) is 0 Å². The van der Waals surface area contributed by atoms with Gasteiger partial charge in [0, 0.05) is 6.54 Å². The Kier molecular flexibility index (Phi) is 3.96. The molecule has 0 aliphatic heterocycles. The number of hydrogen-bond donors (Lipinski definition) is 2. The molecule has 0 atom stereocenters. The summed E-state index contributed by atoms with van der Waals surface area (Å²) >= 11 is 0. The fraction of sp³-hybridized carbons (Fsp3) is 1.00. The van der Waals surface area contributed by atoms with Gasteiger partial charge in [0.25, 0.3) is 0 Å². The van der Waals surface area contributed by atoms with Gasteiger partial charge in [-0.1, -0.05) is 33.6 Å². The van der Waals surface area contributed by atoms with Gasteiger partial charge in [-0.15, -0.1) is 0 Å². The molecule has 0 aromatic heterocycles. The van der Waals surface area contributed by atoms with E-state index < -0.39 is 5.60 Å². The minimum atomic E-state index is -0.391. The predicted octanol–water partition coefficient (Wildman–Crippen LogP) is 2.32. The summed E-state index contributed by atoms with van der Waals surface area (Å²) in [6.07, 6.45) is 5.52. The lowest BCUT2D eigenvalue weighted by atomic mass is 9.92. The summed E-state index contributed by atoms with van der Waals surface area (Å²) in [5.74, 6) is 0. The lowest BCUT2D eigenvalue weighted by Gasteiger charge is -2.24. The molecule has 1 fully saturated rings. The van der Waals surface area contributed by atoms with Crippen LogP contribution in [0.2, 0.25) is 0 Å². The molecule has 0 aromatic carbocycles. The Balaban J connectivity index is 2.09. The van der Waals surface area contributed by atoms with Gasteiger partial charge in [0.1, 0.15) is 0 Å². The van der Waals surface area contributed by atoms with Crippen LogP contribution >= 0.6 is 0 Å². The summed E-state index contributed by atoms with van der Waals surface area (Å²) in [7, 11) is 0. The van der Waals surface area contributed by atoms with Crippen LogP contribution in [0.3, 0.4) is 0 Å². The Morgan fingerprint density at radius 3 is 2.29 bits per heavy atom. The predicted molar refractivity (Wildman–Crippen MR) is 60.4 cm³/mol. The minimum absolute atomic E-state index is 0.391. The first kappa shape index (κ1) is 12.0. The van der Waals surface area contributed by atoms with Crippen molar-refractivity contribution in [1.82, 2.24) is 5.32 Å². The number of nitrogens with one attached hydrogen (secondary N) is 1. The van der Waals surface area contributed by atoms with Crippen LogP contribution < -0.4 is 5.32 Å². The normalized spacial score (nSPS) is 21.4. The van der Waals surface area contributed by atoms with E-state index in [1.807, 2.05) is 0 Å². The molecular weight excluding hydrogens is 174 g/mol. The van der Waals surface area contributed by atoms with Gasteiger partial charge in [0.05, 0.1) is 5.60 Å². The Bertz CT molecular complexity index is 166. The van der Waals surface area contributed by atoms with Gasteiger partial charge >= 0.3 is 0 Å². The number of aliphatic hydroxyl groups is 1. The monoisotopic (exact) mass is 199 g/mol. The Morgan fingerprint density at radius 1 is 1.21 bits per heavy atom. The lowest BCUT2D eigenvalue weighted by molar-refractivity contribution is 0.0472. The van der Waals surface area contributed by atoms with Crippen LogP contribution in [0.1, 0.15) is 52.9 Å². The second-order valence-corrected chi connectivity index (χ2v) is 5.92. The minimum Gasteiger partial charge on any atom is -0.389 e. The molecule has 2 nitrogen and oxygen atoms in total. The molecule has 84 valence electrons. The van der Waals surface area contributed by atoms with Gasteiger partial charge in [-0.25, -0.2) is 0 Å². The number of hydrogen-bond acceptors (Lipinski definition) is 2. The van der Waals surface area contributed by atoms with Gasteiger partial charge in [-0.2, -0.15) is 0 Å². The highest BCUT2D eigenvalue weighted by Gasteiger charge is 2.30. The van der Waals surface area contributed by atoms with Crippen LogP contribution in [0, 0.1) is 5.41 Å². The van der Waals surface area contributed by atoms with E-state index in [0.29, 0.717) is 5.41 Å². The summed E-state index contributed by atoms with van der Waals surface area (Å²) in [4.78, 5) is 0. The highest BCUT2D eigenvalue weighted by atomic mass is 16.3. The molecule has 14 heavy (non-hydrogen) atoms. The smallest absolute Gasteiger partial charge is 0.0771 e. The summed E-state index contributed by atoms with van der Waals surface area (Å²) in [5, 5.41) is 13.4. The molecular formula is C12H25NO. The highest BCUT2D eigenvalue weighted by Crippen LogP contribution is 2.28. The summed E-state index contributed by atoms with van der Waals surface area (Å²) in [6.45, 7) is 8.55. The van der Waals surface area contributed by atoms with E-state index in [1.54, 1.807) is 0 Å². The third-order valence-corrected chi connectivity index (χ3v) is 3.04. The van der Waals surface area contributed by atoms with Crippen molar-refractivity contribution in [3.63, 3.8) is 0 Å². The molecule has 0 amide bonds. The maximum atomic E-state index is 10.1. The molecule has 0 unspecified atom stereocenters. The Morgan fingerprint density at radius 2 is 1.79 bits per heavy atom. The van der Waals surface area contributed by atoms with E-state index >= 15 is 0 Å². The molecule has 1 aliphatic rings. The van der Waals surface area contributed by atoms with Gasteiger partial charge in [-0.05, 0) is 31.2 Å². The maximum Gasteiger partial charge on any atom is 0.0771 e. The molecule has 2 N–H and O–H groups in total. The average molecular weight is 199 g/mol. The zero-order chi connectivity index (χ0) is 10.7. The van der Waals surface area contributed by atoms with Crippen molar-refractivity contribution in [2.45, 2.75) is 58.5 Å². The summed E-state index contributed by atoms with van der Waals surface area (Å²) < 4.78 is 0. The fourth-order valence-corrected chi connectivity index (χ4v) is 1.99. The second-order valence-electron chi connectivity index (χ2n) is 5.92. The van der Waals surface area contributed by atoms with Crippen LogP contribution in [0.5, 0.6) is 0 Å². The van der Waals surface area contributed by atoms with Crippen LogP contribution in [-0.4, -0.2) is 23.8 Å². The summed E-state index contributed by atoms with van der Waals surface area (Å²) in [5.41, 5.74) is 0.00315. The highest BCUT2D eigenvalue weighted by molar-refractivity contribution is 4.86. The van der Waals surface area contributed by atoms with Crippen molar-refractivity contribution in [1.29, 1.82) is 0 Å². The average Bonchev–Trinajstić information content (AvgIpc) is 2.45. The van der Waals surface area contributed by atoms with Crippen molar-refractivity contribution < 1.29 is 5.11 Å². The van der Waals surface area contributed by atoms with Crippen LogP contribution in [-0.2, 0) is 0 Å². The van der Waals surface area contributed by atoms with E-state index in [1.165, 1.54) is 19.3 Å². The Hall–Kier alpha value is -0.0800. The first-order valence-electron chi connectivity index (χ1n) is 5.84. The maximum absolute atomic E-state index is 10.1. The van der Waals surface area contributed by atoms with Gasteiger partial charge in [0.2, 0.25) is 0 Å². The molecule has 1 rings (SSSR count). The SMILES string of the molecule is CC(C)(C)CCNCC1(O)CCCC1. The van der Waals surface area contributed by atoms with E-state index in [4.69, 9.17) is 0 Å². The molecule has 0 saturated heterocycles. The largest absolute Gasteiger partial charge is 0.389 e. The third-order valence-electron chi connectivity index (χ3n) is 3.04. The number of rotatable bonds is 4. The van der Waals surface area contributed by atoms with Crippen molar-refractivity contribution in [3.05, 3.63) is 0 Å². The van der Waals surface area contributed by atoms with Crippen LogP contribution in [0.4, 0.5) is 0 Å². The first-order valence-corrected chi connectivity index (χ1v) is 5.84. The van der Waals surface area contributed by atoms with Crippen molar-refractivity contribution in [3.8, 4) is 0 Å². The zero-order valence-corrected chi connectivity index (χ0v) is 9.90. The van der Waals surface area contributed by atoms with E-state index in [2.05, 4.69) is 26.1 Å². The topological polar surface area (TPSA) is 32.3 Å². The molecule has 0 bridgehead atoms. The van der Waals surface area contributed by atoms with E-state index in [0.717, 1.165) is 25.9 Å². The van der Waals surface area contributed by atoms with Gasteiger partial charge in [-0.3, -0.25) is 0 Å². The third kappa shape index (κ3) is 4.43. The standard InChI is InChI=1S/C12H25NO/c1-11(2,3)8-9-13-10-12(14)6-4-5-7-12/h13-14H,4-10H2,1-3H3. The lowest BCUT2D eigenvalue weighted by Crippen LogP contribution is -2.38. The van der Waals surface area contributed by atoms with Crippen molar-refractivity contribution in [2.75, 3.05) is 13.1 Å². The fourth-order valence-electron chi connectivity index (χ4n) is 1.99. The molecule has 1 aliphatic carbocycles. The Labute approximate surface area is 88.1 Å². The molecule has 0 heterocycles. The molecule has 2 heteroatoms. The van der Waals surface area contributed by atoms with Gasteiger partial charge < -0.3 is 10.4 Å². The first-order chi connectivity index (χ1) is 6.41. The summed E-state index contributed by atoms with van der Waals surface area (Å²) in [6, 6.07) is 0. The van der Waals surface area contributed by atoms with E-state index in [-0.39, 0.29) is 0 Å². The van der Waals surface area contributed by atoms with E-state index in [9.17, 15) is 5.11 Å². The molecule has 0 spiro atoms. The molecule has 0 radical (unpaired) electrons. The second kappa shape index (κ2) is 4.63. The molecule has 0 aromatic rings. The molecule has 1 saturated carbocycles. The quantitative estimate of drug-likeness (QED) is 0.681. The van der Waals surface area contributed by atoms with Crippen molar-refractivity contribution in [2.24, 2.45) is 5.41 Å². The van der Waals surface area contributed by atoms with Crippen LogP contribution in [0.25, 0.3) is 0 Å². The zero-order valence-electron chi connectivity index (χ0n) is 9.90. The van der Waals surface area contributed by atoms with Gasteiger partial charge in [0.15, 0.2) is 0 Å². The van der Waals surface area contributed by atoms with Crippen molar-refractivity contribution >= 4 is 0 Å².